The molecule has 0 bridgehead atoms. The van der Waals surface area contributed by atoms with E-state index in [1.165, 1.54) is 25.7 Å². The van der Waals surface area contributed by atoms with Crippen molar-refractivity contribution in [2.24, 2.45) is 5.92 Å². The maximum absolute atomic E-state index is 11.1. The van der Waals surface area contributed by atoms with E-state index >= 15 is 0 Å². The normalized spacial score (nSPS) is 17.5. The zero-order valence-corrected chi connectivity index (χ0v) is 8.28. The van der Waals surface area contributed by atoms with Crippen LogP contribution in [0.5, 0.6) is 0 Å². The van der Waals surface area contributed by atoms with Gasteiger partial charge in [-0.2, -0.15) is 0 Å². The number of hydrogen-bond acceptors (Lipinski definition) is 1. The minimum Gasteiger partial charge on any atom is -0.302 e. The fraction of sp³-hybridized carbons (Fsp3) is 0.385. The summed E-state index contributed by atoms with van der Waals surface area (Å²) in [5.74, 6) is 1.51. The van der Waals surface area contributed by atoms with Gasteiger partial charge in [0.1, 0.15) is 6.29 Å². The molecule has 1 heteroatoms. The number of carbonyl (C=O) groups is 1. The SMILES string of the molecule is O=C[C](c1ccccc1)C1CCCC1. The number of aldehydes is 1. The molecule has 14 heavy (non-hydrogen) atoms. The molecule has 1 aliphatic rings. The zero-order valence-electron chi connectivity index (χ0n) is 8.28. The molecular weight excluding hydrogens is 172 g/mol. The smallest absolute Gasteiger partial charge is 0.132 e. The standard InChI is InChI=1S/C13H15O/c14-10-13(12-8-4-5-9-12)11-6-2-1-3-7-11/h1-3,6-7,10,12H,4-5,8-9H2. The highest BCUT2D eigenvalue weighted by Crippen LogP contribution is 2.35. The molecule has 73 valence electrons. The lowest BCUT2D eigenvalue weighted by atomic mass is 9.86. The van der Waals surface area contributed by atoms with Crippen molar-refractivity contribution in [3.8, 4) is 0 Å². The van der Waals surface area contributed by atoms with E-state index in [0.717, 1.165) is 17.8 Å². The first kappa shape index (κ1) is 9.45. The lowest BCUT2D eigenvalue weighted by molar-refractivity contribution is -0.106. The van der Waals surface area contributed by atoms with Crippen LogP contribution in [-0.2, 0) is 4.79 Å². The molecule has 1 fully saturated rings. The first-order valence-corrected chi connectivity index (χ1v) is 5.29. The van der Waals surface area contributed by atoms with Gasteiger partial charge >= 0.3 is 0 Å². The Morgan fingerprint density at radius 1 is 1.14 bits per heavy atom. The monoisotopic (exact) mass is 187 g/mol. The second-order valence-electron chi connectivity index (χ2n) is 3.92. The molecule has 1 saturated carbocycles. The Bertz CT molecular complexity index is 285. The van der Waals surface area contributed by atoms with Crippen LogP contribution in [0.15, 0.2) is 30.3 Å². The molecule has 1 aliphatic carbocycles. The summed E-state index contributed by atoms with van der Waals surface area (Å²) in [6.07, 6.45) is 5.96. The summed E-state index contributed by atoms with van der Waals surface area (Å²) in [6.45, 7) is 0. The summed E-state index contributed by atoms with van der Waals surface area (Å²) in [6, 6.07) is 10.0. The Balaban J connectivity index is 2.16. The van der Waals surface area contributed by atoms with E-state index in [9.17, 15) is 4.79 Å². The maximum atomic E-state index is 11.1. The van der Waals surface area contributed by atoms with Crippen molar-refractivity contribution in [3.05, 3.63) is 41.8 Å². The van der Waals surface area contributed by atoms with Crippen LogP contribution in [0, 0.1) is 11.8 Å². The molecule has 0 unspecified atom stereocenters. The van der Waals surface area contributed by atoms with Crippen LogP contribution < -0.4 is 0 Å². The van der Waals surface area contributed by atoms with E-state index in [-0.39, 0.29) is 0 Å². The van der Waals surface area contributed by atoms with E-state index in [4.69, 9.17) is 0 Å². The first-order chi connectivity index (χ1) is 6.92. The summed E-state index contributed by atoms with van der Waals surface area (Å²) < 4.78 is 0. The van der Waals surface area contributed by atoms with Crippen molar-refractivity contribution >= 4 is 6.29 Å². The van der Waals surface area contributed by atoms with Gasteiger partial charge in [0.05, 0.1) is 5.92 Å². The Morgan fingerprint density at radius 2 is 1.79 bits per heavy atom. The minimum absolute atomic E-state index is 0.509. The predicted octanol–water partition coefficient (Wildman–Crippen LogP) is 3.00. The molecular formula is C13H15O. The second-order valence-corrected chi connectivity index (χ2v) is 3.92. The van der Waals surface area contributed by atoms with Crippen molar-refractivity contribution in [1.29, 1.82) is 0 Å². The van der Waals surface area contributed by atoms with Gasteiger partial charge in [0.2, 0.25) is 0 Å². The lowest BCUT2D eigenvalue weighted by Gasteiger charge is -2.16. The van der Waals surface area contributed by atoms with Crippen LogP contribution in [0.1, 0.15) is 31.2 Å². The highest BCUT2D eigenvalue weighted by Gasteiger charge is 2.26. The minimum atomic E-state index is 0.509. The van der Waals surface area contributed by atoms with Gasteiger partial charge in [0.15, 0.2) is 0 Å². The van der Waals surface area contributed by atoms with Crippen LogP contribution >= 0.6 is 0 Å². The third kappa shape index (κ3) is 1.87. The highest BCUT2D eigenvalue weighted by atomic mass is 16.1. The molecule has 0 aromatic heterocycles. The van der Waals surface area contributed by atoms with Crippen LogP contribution in [-0.4, -0.2) is 6.29 Å². The third-order valence-corrected chi connectivity index (χ3v) is 3.03. The van der Waals surface area contributed by atoms with Gasteiger partial charge in [-0.3, -0.25) is 0 Å². The highest BCUT2D eigenvalue weighted by molar-refractivity contribution is 5.76. The van der Waals surface area contributed by atoms with E-state index in [0.29, 0.717) is 5.92 Å². The topological polar surface area (TPSA) is 17.1 Å². The molecule has 2 rings (SSSR count). The number of hydrogen-bond donors (Lipinski definition) is 0. The molecule has 0 spiro atoms. The predicted molar refractivity (Wildman–Crippen MR) is 56.8 cm³/mol. The molecule has 1 nitrogen and oxygen atoms in total. The maximum Gasteiger partial charge on any atom is 0.132 e. The average Bonchev–Trinajstić information content (AvgIpc) is 2.74. The Hall–Kier alpha value is -1.11. The first-order valence-electron chi connectivity index (χ1n) is 5.29. The van der Waals surface area contributed by atoms with Gasteiger partial charge in [-0.05, 0) is 24.3 Å². The summed E-state index contributed by atoms with van der Waals surface area (Å²) in [5.41, 5.74) is 1.11. The largest absolute Gasteiger partial charge is 0.302 e. The molecule has 1 aromatic carbocycles. The van der Waals surface area contributed by atoms with E-state index < -0.39 is 0 Å². The summed E-state index contributed by atoms with van der Waals surface area (Å²) in [4.78, 5) is 11.1. The number of benzene rings is 1. The van der Waals surface area contributed by atoms with Gasteiger partial charge < -0.3 is 4.79 Å². The lowest BCUT2D eigenvalue weighted by Crippen LogP contribution is -2.11. The van der Waals surface area contributed by atoms with E-state index in [1.54, 1.807) is 0 Å². The summed E-state index contributed by atoms with van der Waals surface area (Å²) in [7, 11) is 0. The van der Waals surface area contributed by atoms with Gasteiger partial charge in [0, 0.05) is 0 Å². The van der Waals surface area contributed by atoms with Crippen molar-refractivity contribution in [2.45, 2.75) is 25.7 Å². The van der Waals surface area contributed by atoms with Gasteiger partial charge in [-0.15, -0.1) is 0 Å². The summed E-state index contributed by atoms with van der Waals surface area (Å²) in [5, 5.41) is 0. The molecule has 0 saturated heterocycles. The van der Waals surface area contributed by atoms with Crippen LogP contribution in [0.2, 0.25) is 0 Å². The molecule has 0 heterocycles. The molecule has 0 N–H and O–H groups in total. The Labute approximate surface area is 85.1 Å². The quantitative estimate of drug-likeness (QED) is 0.665. The fourth-order valence-electron chi connectivity index (χ4n) is 2.27. The van der Waals surface area contributed by atoms with Crippen LogP contribution in [0.4, 0.5) is 0 Å². The van der Waals surface area contributed by atoms with Crippen LogP contribution in [0.25, 0.3) is 0 Å². The van der Waals surface area contributed by atoms with Crippen molar-refractivity contribution in [3.63, 3.8) is 0 Å². The fourth-order valence-corrected chi connectivity index (χ4v) is 2.27. The summed E-state index contributed by atoms with van der Waals surface area (Å²) >= 11 is 0. The van der Waals surface area contributed by atoms with Gasteiger partial charge in [-0.25, -0.2) is 0 Å². The Morgan fingerprint density at radius 3 is 2.36 bits per heavy atom. The van der Waals surface area contributed by atoms with E-state index in [1.807, 2.05) is 30.3 Å². The van der Waals surface area contributed by atoms with Crippen molar-refractivity contribution in [2.75, 3.05) is 0 Å². The van der Waals surface area contributed by atoms with E-state index in [2.05, 4.69) is 0 Å². The number of rotatable bonds is 3. The van der Waals surface area contributed by atoms with Gasteiger partial charge in [0.25, 0.3) is 0 Å². The Kier molecular flexibility index (Phi) is 2.97. The molecule has 1 aromatic rings. The zero-order chi connectivity index (χ0) is 9.80. The average molecular weight is 187 g/mol. The van der Waals surface area contributed by atoms with Crippen LogP contribution in [0.3, 0.4) is 0 Å². The molecule has 1 radical (unpaired) electrons. The molecule has 0 aliphatic heterocycles. The second kappa shape index (κ2) is 4.41. The van der Waals surface area contributed by atoms with Crippen molar-refractivity contribution in [1.82, 2.24) is 0 Å². The third-order valence-electron chi connectivity index (χ3n) is 3.03. The van der Waals surface area contributed by atoms with Gasteiger partial charge in [-0.1, -0.05) is 43.2 Å². The van der Waals surface area contributed by atoms with Crippen molar-refractivity contribution < 1.29 is 4.79 Å². The molecule has 0 atom stereocenters. The number of carbonyl (C=O) groups excluding carboxylic acids is 1. The molecule has 0 amide bonds.